The van der Waals surface area contributed by atoms with Crippen LogP contribution in [0.25, 0.3) is 16.8 Å². The van der Waals surface area contributed by atoms with Crippen LogP contribution >= 0.6 is 0 Å². The molecule has 1 aromatic carbocycles. The molecule has 0 aliphatic rings. The number of halogens is 1. The van der Waals surface area contributed by atoms with Crippen LogP contribution in [0.5, 0.6) is 0 Å². The number of pyridine rings is 1. The standard InChI is InChI=1S/C15H13FN2/c1-10-6-8-18-9-7-17-15(18)13(10)12-5-3-4-11(2)14(12)16/h3-9H,1-2H3. The van der Waals surface area contributed by atoms with E-state index >= 15 is 0 Å². The lowest BCUT2D eigenvalue weighted by molar-refractivity contribution is 0.622. The molecule has 18 heavy (non-hydrogen) atoms. The van der Waals surface area contributed by atoms with Gasteiger partial charge in [0.1, 0.15) is 11.5 Å². The summed E-state index contributed by atoms with van der Waals surface area (Å²) in [5.41, 5.74) is 3.95. The van der Waals surface area contributed by atoms with Gasteiger partial charge >= 0.3 is 0 Å². The van der Waals surface area contributed by atoms with Crippen molar-refractivity contribution in [2.24, 2.45) is 0 Å². The van der Waals surface area contributed by atoms with Crippen LogP contribution < -0.4 is 0 Å². The first-order valence-corrected chi connectivity index (χ1v) is 5.86. The molecule has 0 fully saturated rings. The maximum atomic E-state index is 14.3. The van der Waals surface area contributed by atoms with Crippen LogP contribution in [-0.4, -0.2) is 9.38 Å². The lowest BCUT2D eigenvalue weighted by Gasteiger charge is -2.10. The van der Waals surface area contributed by atoms with Crippen LogP contribution in [0, 0.1) is 19.7 Å². The number of nitrogens with zero attached hydrogens (tertiary/aromatic N) is 2. The third-order valence-corrected chi connectivity index (χ3v) is 3.23. The van der Waals surface area contributed by atoms with Gasteiger partial charge in [0.15, 0.2) is 0 Å². The van der Waals surface area contributed by atoms with Crippen molar-refractivity contribution in [2.75, 3.05) is 0 Å². The van der Waals surface area contributed by atoms with E-state index in [0.29, 0.717) is 11.1 Å². The Kier molecular flexibility index (Phi) is 2.40. The normalized spacial score (nSPS) is 11.1. The fraction of sp³-hybridized carbons (Fsp3) is 0.133. The smallest absolute Gasteiger partial charge is 0.144 e. The number of aromatic nitrogens is 2. The Morgan fingerprint density at radius 1 is 1.06 bits per heavy atom. The number of imidazole rings is 1. The Labute approximate surface area is 105 Å². The highest BCUT2D eigenvalue weighted by molar-refractivity contribution is 5.81. The van der Waals surface area contributed by atoms with E-state index in [2.05, 4.69) is 4.98 Å². The first-order valence-electron chi connectivity index (χ1n) is 5.86. The van der Waals surface area contributed by atoms with Gasteiger partial charge in [-0.1, -0.05) is 18.2 Å². The summed E-state index contributed by atoms with van der Waals surface area (Å²) in [6.07, 6.45) is 5.53. The average Bonchev–Trinajstić information content (AvgIpc) is 2.82. The Morgan fingerprint density at radius 3 is 2.72 bits per heavy atom. The van der Waals surface area contributed by atoms with Gasteiger partial charge < -0.3 is 4.40 Å². The minimum atomic E-state index is -0.170. The molecule has 0 unspecified atom stereocenters. The van der Waals surface area contributed by atoms with E-state index < -0.39 is 0 Å². The second-order valence-corrected chi connectivity index (χ2v) is 4.47. The Morgan fingerprint density at radius 2 is 1.89 bits per heavy atom. The average molecular weight is 240 g/mol. The summed E-state index contributed by atoms with van der Waals surface area (Å²) in [5.74, 6) is -0.170. The first-order chi connectivity index (χ1) is 8.68. The van der Waals surface area contributed by atoms with E-state index in [-0.39, 0.29) is 5.82 Å². The van der Waals surface area contributed by atoms with Gasteiger partial charge in [-0.2, -0.15) is 0 Å². The monoisotopic (exact) mass is 240 g/mol. The fourth-order valence-corrected chi connectivity index (χ4v) is 2.25. The number of hydrogen-bond acceptors (Lipinski definition) is 1. The molecule has 3 heteroatoms. The molecule has 0 spiro atoms. The summed E-state index contributed by atoms with van der Waals surface area (Å²) in [6.45, 7) is 3.76. The number of hydrogen-bond donors (Lipinski definition) is 0. The zero-order valence-electron chi connectivity index (χ0n) is 10.3. The molecule has 0 saturated heterocycles. The van der Waals surface area contributed by atoms with Crippen LogP contribution in [-0.2, 0) is 0 Å². The molecule has 0 N–H and O–H groups in total. The van der Waals surface area contributed by atoms with Crippen molar-refractivity contribution in [1.29, 1.82) is 0 Å². The van der Waals surface area contributed by atoms with Crippen molar-refractivity contribution in [3.63, 3.8) is 0 Å². The molecule has 0 aliphatic carbocycles. The van der Waals surface area contributed by atoms with Gasteiger partial charge in [-0.25, -0.2) is 9.37 Å². The molecule has 0 atom stereocenters. The minimum Gasteiger partial charge on any atom is -0.307 e. The number of benzene rings is 1. The third kappa shape index (κ3) is 1.51. The Balaban J connectivity index is 2.40. The van der Waals surface area contributed by atoms with Crippen molar-refractivity contribution in [3.8, 4) is 11.1 Å². The topological polar surface area (TPSA) is 17.3 Å². The summed E-state index contributed by atoms with van der Waals surface area (Å²) >= 11 is 0. The first kappa shape index (κ1) is 11.0. The summed E-state index contributed by atoms with van der Waals surface area (Å²) in [7, 11) is 0. The van der Waals surface area contributed by atoms with Gasteiger partial charge in [-0.3, -0.25) is 0 Å². The number of aryl methyl sites for hydroxylation is 2. The zero-order chi connectivity index (χ0) is 12.7. The van der Waals surface area contributed by atoms with E-state index in [4.69, 9.17) is 0 Å². The Bertz CT molecular complexity index is 728. The maximum absolute atomic E-state index is 14.3. The SMILES string of the molecule is Cc1cccc(-c2c(C)ccn3ccnc23)c1F. The van der Waals surface area contributed by atoms with Crippen molar-refractivity contribution in [1.82, 2.24) is 9.38 Å². The summed E-state index contributed by atoms with van der Waals surface area (Å²) in [4.78, 5) is 4.32. The van der Waals surface area contributed by atoms with E-state index in [1.807, 2.05) is 35.9 Å². The molecule has 0 bridgehead atoms. The van der Waals surface area contributed by atoms with Gasteiger partial charge in [0.25, 0.3) is 0 Å². The third-order valence-electron chi connectivity index (χ3n) is 3.23. The summed E-state index contributed by atoms with van der Waals surface area (Å²) in [5, 5.41) is 0. The van der Waals surface area contributed by atoms with Gasteiger partial charge in [0.05, 0.1) is 0 Å². The molecular weight excluding hydrogens is 227 g/mol. The minimum absolute atomic E-state index is 0.170. The highest BCUT2D eigenvalue weighted by Gasteiger charge is 2.13. The highest BCUT2D eigenvalue weighted by Crippen LogP contribution is 2.30. The molecule has 3 rings (SSSR count). The number of fused-ring (bicyclic) bond motifs is 1. The lowest BCUT2D eigenvalue weighted by Crippen LogP contribution is -1.95. The van der Waals surface area contributed by atoms with Crippen LogP contribution in [0.15, 0.2) is 42.9 Å². The second-order valence-electron chi connectivity index (χ2n) is 4.47. The van der Waals surface area contributed by atoms with Crippen molar-refractivity contribution in [3.05, 3.63) is 59.8 Å². The van der Waals surface area contributed by atoms with E-state index in [9.17, 15) is 4.39 Å². The molecule has 2 heterocycles. The van der Waals surface area contributed by atoms with Crippen LogP contribution in [0.1, 0.15) is 11.1 Å². The van der Waals surface area contributed by atoms with E-state index in [0.717, 1.165) is 16.8 Å². The predicted molar refractivity (Wildman–Crippen MR) is 70.1 cm³/mol. The van der Waals surface area contributed by atoms with E-state index in [1.54, 1.807) is 25.3 Å². The van der Waals surface area contributed by atoms with Gasteiger partial charge in [0.2, 0.25) is 0 Å². The molecule has 0 saturated carbocycles. The van der Waals surface area contributed by atoms with Crippen molar-refractivity contribution in [2.45, 2.75) is 13.8 Å². The lowest BCUT2D eigenvalue weighted by atomic mass is 10.00. The van der Waals surface area contributed by atoms with Crippen LogP contribution in [0.2, 0.25) is 0 Å². The van der Waals surface area contributed by atoms with Crippen LogP contribution in [0.4, 0.5) is 4.39 Å². The molecule has 0 aliphatic heterocycles. The zero-order valence-corrected chi connectivity index (χ0v) is 10.3. The second kappa shape index (κ2) is 3.95. The molecule has 2 aromatic heterocycles. The van der Waals surface area contributed by atoms with Crippen molar-refractivity contribution < 1.29 is 4.39 Å². The molecule has 0 amide bonds. The molecule has 90 valence electrons. The van der Waals surface area contributed by atoms with Crippen molar-refractivity contribution >= 4 is 5.65 Å². The van der Waals surface area contributed by atoms with Gasteiger partial charge in [0, 0.05) is 29.7 Å². The van der Waals surface area contributed by atoms with Crippen LogP contribution in [0.3, 0.4) is 0 Å². The summed E-state index contributed by atoms with van der Waals surface area (Å²) in [6, 6.07) is 7.44. The largest absolute Gasteiger partial charge is 0.307 e. The highest BCUT2D eigenvalue weighted by atomic mass is 19.1. The predicted octanol–water partition coefficient (Wildman–Crippen LogP) is 3.76. The maximum Gasteiger partial charge on any atom is 0.144 e. The Hall–Kier alpha value is -2.16. The quantitative estimate of drug-likeness (QED) is 0.633. The van der Waals surface area contributed by atoms with Gasteiger partial charge in [-0.05, 0) is 31.0 Å². The van der Waals surface area contributed by atoms with Gasteiger partial charge in [-0.15, -0.1) is 0 Å². The molecule has 2 nitrogen and oxygen atoms in total. The van der Waals surface area contributed by atoms with E-state index in [1.165, 1.54) is 0 Å². The molecular formula is C15H13FN2. The number of rotatable bonds is 1. The fourth-order valence-electron chi connectivity index (χ4n) is 2.25. The summed E-state index contributed by atoms with van der Waals surface area (Å²) < 4.78 is 16.2. The molecule has 3 aromatic rings. The molecule has 0 radical (unpaired) electrons.